The van der Waals surface area contributed by atoms with Gasteiger partial charge < -0.3 is 10.2 Å². The van der Waals surface area contributed by atoms with Crippen LogP contribution >= 0.6 is 0 Å². The first-order valence-electron chi connectivity index (χ1n) is 8.37. The third-order valence-corrected chi connectivity index (χ3v) is 4.24. The predicted molar refractivity (Wildman–Crippen MR) is 87.1 cm³/mol. The summed E-state index contributed by atoms with van der Waals surface area (Å²) in [5.41, 5.74) is 1.33. The second kappa shape index (κ2) is 8.83. The van der Waals surface area contributed by atoms with Crippen molar-refractivity contribution in [2.24, 2.45) is 0 Å². The molecule has 0 saturated carbocycles. The van der Waals surface area contributed by atoms with Gasteiger partial charge in [-0.2, -0.15) is 0 Å². The lowest BCUT2D eigenvalue weighted by Crippen LogP contribution is -2.32. The van der Waals surface area contributed by atoms with Gasteiger partial charge in [0.2, 0.25) is 5.91 Å². The number of unbranched alkanes of at least 4 members (excludes halogenated alkanes) is 1. The molecule has 0 spiro atoms. The van der Waals surface area contributed by atoms with Gasteiger partial charge in [0.1, 0.15) is 0 Å². The Labute approximate surface area is 128 Å². The van der Waals surface area contributed by atoms with Crippen molar-refractivity contribution in [3.63, 3.8) is 0 Å². The minimum Gasteiger partial charge on any atom is -0.343 e. The Morgan fingerprint density at radius 3 is 2.62 bits per heavy atom. The molecule has 3 nitrogen and oxygen atoms in total. The molecule has 0 aliphatic carbocycles. The van der Waals surface area contributed by atoms with Crippen molar-refractivity contribution in [2.45, 2.75) is 51.5 Å². The minimum atomic E-state index is 0.308. The lowest BCUT2D eigenvalue weighted by Gasteiger charge is -2.20. The highest BCUT2D eigenvalue weighted by Gasteiger charge is 2.18. The lowest BCUT2D eigenvalue weighted by molar-refractivity contribution is -0.130. The Bertz CT molecular complexity index is 412. The van der Waals surface area contributed by atoms with E-state index in [2.05, 4.69) is 42.6 Å². The SMILES string of the molecule is CCCCC(NCCC(=O)N1CCCC1)c1ccccc1. The molecule has 1 aromatic carbocycles. The highest BCUT2D eigenvalue weighted by molar-refractivity contribution is 5.76. The first kappa shape index (κ1) is 16.0. The van der Waals surface area contributed by atoms with Gasteiger partial charge in [-0.15, -0.1) is 0 Å². The van der Waals surface area contributed by atoms with Crippen molar-refractivity contribution < 1.29 is 4.79 Å². The average molecular weight is 288 g/mol. The topological polar surface area (TPSA) is 32.3 Å². The van der Waals surface area contributed by atoms with Gasteiger partial charge in [0, 0.05) is 32.1 Å². The summed E-state index contributed by atoms with van der Waals surface area (Å²) in [5.74, 6) is 0.308. The van der Waals surface area contributed by atoms with Crippen LogP contribution in [0.3, 0.4) is 0 Å². The average Bonchev–Trinajstić information content (AvgIpc) is 3.06. The molecular weight excluding hydrogens is 260 g/mol. The first-order chi connectivity index (χ1) is 10.3. The minimum absolute atomic E-state index is 0.308. The molecule has 1 N–H and O–H groups in total. The number of nitrogens with zero attached hydrogens (tertiary/aromatic N) is 1. The van der Waals surface area contributed by atoms with Crippen LogP contribution in [0.15, 0.2) is 30.3 Å². The van der Waals surface area contributed by atoms with Gasteiger partial charge in [-0.25, -0.2) is 0 Å². The maximum atomic E-state index is 12.1. The Kier molecular flexibility index (Phi) is 6.74. The largest absolute Gasteiger partial charge is 0.343 e. The molecule has 3 heteroatoms. The normalized spacial score (nSPS) is 16.1. The van der Waals surface area contributed by atoms with Crippen molar-refractivity contribution in [3.8, 4) is 0 Å². The Balaban J connectivity index is 1.80. The van der Waals surface area contributed by atoms with E-state index in [1.165, 1.54) is 31.2 Å². The third kappa shape index (κ3) is 5.16. The Morgan fingerprint density at radius 2 is 1.95 bits per heavy atom. The van der Waals surface area contributed by atoms with Crippen LogP contribution in [-0.2, 0) is 4.79 Å². The number of amides is 1. The molecule has 1 aromatic rings. The summed E-state index contributed by atoms with van der Waals surface area (Å²) in [5, 5.41) is 3.58. The molecule has 1 aliphatic rings. The van der Waals surface area contributed by atoms with E-state index < -0.39 is 0 Å². The lowest BCUT2D eigenvalue weighted by atomic mass is 10.0. The predicted octanol–water partition coefficient (Wildman–Crippen LogP) is 3.52. The fourth-order valence-electron chi connectivity index (χ4n) is 2.96. The Morgan fingerprint density at radius 1 is 1.24 bits per heavy atom. The van der Waals surface area contributed by atoms with E-state index in [0.29, 0.717) is 18.4 Å². The molecule has 1 atom stereocenters. The number of rotatable bonds is 8. The van der Waals surface area contributed by atoms with E-state index in [1.807, 2.05) is 4.90 Å². The number of likely N-dealkylation sites (tertiary alicyclic amines) is 1. The number of carbonyl (C=O) groups is 1. The second-order valence-electron chi connectivity index (χ2n) is 5.90. The standard InChI is InChI=1S/C18H28N2O/c1-2-3-11-17(16-9-5-4-6-10-16)19-13-12-18(21)20-14-7-8-15-20/h4-6,9-10,17,19H,2-3,7-8,11-15H2,1H3. The van der Waals surface area contributed by atoms with E-state index in [4.69, 9.17) is 0 Å². The number of carbonyl (C=O) groups excluding carboxylic acids is 1. The number of hydrogen-bond acceptors (Lipinski definition) is 2. The first-order valence-corrected chi connectivity index (χ1v) is 8.37. The van der Waals surface area contributed by atoms with Crippen LogP contribution in [0.1, 0.15) is 57.1 Å². The van der Waals surface area contributed by atoms with E-state index >= 15 is 0 Å². The molecule has 0 bridgehead atoms. The molecule has 2 rings (SSSR count). The molecule has 21 heavy (non-hydrogen) atoms. The maximum absolute atomic E-state index is 12.1. The Hall–Kier alpha value is -1.35. The van der Waals surface area contributed by atoms with Crippen molar-refractivity contribution in [1.29, 1.82) is 0 Å². The molecule has 1 amide bonds. The molecule has 0 aromatic heterocycles. The van der Waals surface area contributed by atoms with Crippen LogP contribution in [0, 0.1) is 0 Å². The van der Waals surface area contributed by atoms with Gasteiger partial charge >= 0.3 is 0 Å². The summed E-state index contributed by atoms with van der Waals surface area (Å²) in [4.78, 5) is 14.1. The zero-order valence-electron chi connectivity index (χ0n) is 13.2. The van der Waals surface area contributed by atoms with Gasteiger partial charge in [-0.1, -0.05) is 50.1 Å². The van der Waals surface area contributed by atoms with Gasteiger partial charge in [0.15, 0.2) is 0 Å². The molecule has 1 fully saturated rings. The number of hydrogen-bond donors (Lipinski definition) is 1. The monoisotopic (exact) mass is 288 g/mol. The second-order valence-corrected chi connectivity index (χ2v) is 5.90. The fourth-order valence-corrected chi connectivity index (χ4v) is 2.96. The van der Waals surface area contributed by atoms with Gasteiger partial charge in [-0.3, -0.25) is 4.79 Å². The summed E-state index contributed by atoms with van der Waals surface area (Å²) < 4.78 is 0. The highest BCUT2D eigenvalue weighted by Crippen LogP contribution is 2.19. The zero-order chi connectivity index (χ0) is 14.9. The molecule has 0 radical (unpaired) electrons. The fraction of sp³-hybridized carbons (Fsp3) is 0.611. The van der Waals surface area contributed by atoms with Crippen LogP contribution in [0.4, 0.5) is 0 Å². The van der Waals surface area contributed by atoms with Gasteiger partial charge in [0.05, 0.1) is 0 Å². The van der Waals surface area contributed by atoms with Gasteiger partial charge in [0.25, 0.3) is 0 Å². The van der Waals surface area contributed by atoms with Crippen LogP contribution in [0.2, 0.25) is 0 Å². The summed E-state index contributed by atoms with van der Waals surface area (Å²) in [6.45, 7) is 4.91. The molecule has 1 saturated heterocycles. The highest BCUT2D eigenvalue weighted by atomic mass is 16.2. The van der Waals surface area contributed by atoms with Crippen LogP contribution in [-0.4, -0.2) is 30.4 Å². The molecule has 1 aliphatic heterocycles. The molecule has 116 valence electrons. The molecule has 1 heterocycles. The quantitative estimate of drug-likeness (QED) is 0.794. The van der Waals surface area contributed by atoms with E-state index in [0.717, 1.165) is 26.1 Å². The third-order valence-electron chi connectivity index (χ3n) is 4.24. The van der Waals surface area contributed by atoms with Crippen molar-refractivity contribution in [1.82, 2.24) is 10.2 Å². The van der Waals surface area contributed by atoms with Crippen LogP contribution in [0.25, 0.3) is 0 Å². The van der Waals surface area contributed by atoms with Crippen LogP contribution < -0.4 is 5.32 Å². The summed E-state index contributed by atoms with van der Waals surface area (Å²) in [6, 6.07) is 11.0. The summed E-state index contributed by atoms with van der Waals surface area (Å²) >= 11 is 0. The summed E-state index contributed by atoms with van der Waals surface area (Å²) in [6.07, 6.45) is 6.52. The molecule has 1 unspecified atom stereocenters. The zero-order valence-corrected chi connectivity index (χ0v) is 13.2. The van der Waals surface area contributed by atoms with Crippen molar-refractivity contribution >= 4 is 5.91 Å². The van der Waals surface area contributed by atoms with E-state index in [-0.39, 0.29) is 0 Å². The summed E-state index contributed by atoms with van der Waals surface area (Å²) in [7, 11) is 0. The van der Waals surface area contributed by atoms with Crippen molar-refractivity contribution in [2.75, 3.05) is 19.6 Å². The number of nitrogens with one attached hydrogen (secondary N) is 1. The van der Waals surface area contributed by atoms with Crippen molar-refractivity contribution in [3.05, 3.63) is 35.9 Å². The molecular formula is C18H28N2O. The van der Waals surface area contributed by atoms with E-state index in [9.17, 15) is 4.79 Å². The number of benzene rings is 1. The smallest absolute Gasteiger partial charge is 0.223 e. The van der Waals surface area contributed by atoms with E-state index in [1.54, 1.807) is 0 Å². The maximum Gasteiger partial charge on any atom is 0.223 e. The van der Waals surface area contributed by atoms with Crippen LogP contribution in [0.5, 0.6) is 0 Å². The van der Waals surface area contributed by atoms with Gasteiger partial charge in [-0.05, 0) is 24.8 Å².